The van der Waals surface area contributed by atoms with E-state index in [2.05, 4.69) is 19.2 Å². The van der Waals surface area contributed by atoms with Crippen LogP contribution in [0.1, 0.15) is 32.1 Å². The summed E-state index contributed by atoms with van der Waals surface area (Å²) in [5, 5.41) is 2.93. The molecule has 4 nitrogen and oxygen atoms in total. The molecular formula is C15H25ClN2O2S. The molecule has 0 saturated heterocycles. The molecule has 0 spiro atoms. The third kappa shape index (κ3) is 7.69. The first-order chi connectivity index (χ1) is 10.0. The largest absolute Gasteiger partial charge is 0.381 e. The van der Waals surface area contributed by atoms with Crippen LogP contribution in [0.5, 0.6) is 0 Å². The highest BCUT2D eigenvalue weighted by Crippen LogP contribution is 2.22. The van der Waals surface area contributed by atoms with Crippen LogP contribution in [0.25, 0.3) is 0 Å². The minimum atomic E-state index is -0.0362. The van der Waals surface area contributed by atoms with Crippen molar-refractivity contribution in [3.05, 3.63) is 21.3 Å². The fourth-order valence-electron chi connectivity index (χ4n) is 1.75. The normalized spacial score (nSPS) is 10.9. The van der Waals surface area contributed by atoms with Crippen LogP contribution in [0.4, 0.5) is 4.79 Å². The maximum Gasteiger partial charge on any atom is 0.317 e. The smallest absolute Gasteiger partial charge is 0.317 e. The number of carbonyl (C=O) groups excluding carboxylic acids is 1. The lowest BCUT2D eigenvalue weighted by atomic mass is 10.2. The Hall–Kier alpha value is -0.780. The second-order valence-corrected chi connectivity index (χ2v) is 7.07. The molecule has 0 aliphatic carbocycles. The zero-order chi connectivity index (χ0) is 15.7. The fourth-order valence-corrected chi connectivity index (χ4v) is 2.86. The fraction of sp³-hybridized carbons (Fsp3) is 0.667. The number of urea groups is 1. The number of nitrogens with zero attached hydrogens (tertiary/aromatic N) is 1. The Labute approximate surface area is 136 Å². The lowest BCUT2D eigenvalue weighted by molar-refractivity contribution is 0.108. The van der Waals surface area contributed by atoms with Crippen LogP contribution in [-0.4, -0.2) is 37.2 Å². The molecule has 1 aromatic heterocycles. The Morgan fingerprint density at radius 3 is 2.81 bits per heavy atom. The van der Waals surface area contributed by atoms with Gasteiger partial charge in [0.25, 0.3) is 0 Å². The molecule has 0 unspecified atom stereocenters. The Morgan fingerprint density at radius 1 is 1.48 bits per heavy atom. The predicted molar refractivity (Wildman–Crippen MR) is 89.1 cm³/mol. The van der Waals surface area contributed by atoms with Crippen molar-refractivity contribution < 1.29 is 9.53 Å². The number of hydrogen-bond donors (Lipinski definition) is 1. The van der Waals surface area contributed by atoms with Gasteiger partial charge in [-0.1, -0.05) is 25.4 Å². The van der Waals surface area contributed by atoms with E-state index in [1.54, 1.807) is 4.90 Å². The average molecular weight is 333 g/mol. The molecule has 120 valence electrons. The van der Waals surface area contributed by atoms with E-state index >= 15 is 0 Å². The topological polar surface area (TPSA) is 41.6 Å². The maximum atomic E-state index is 12.1. The summed E-state index contributed by atoms with van der Waals surface area (Å²) >= 11 is 7.42. The molecular weight excluding hydrogens is 308 g/mol. The van der Waals surface area contributed by atoms with E-state index in [-0.39, 0.29) is 6.03 Å². The lowest BCUT2D eigenvalue weighted by Gasteiger charge is -2.20. The molecule has 1 aromatic rings. The first-order valence-electron chi connectivity index (χ1n) is 7.37. The van der Waals surface area contributed by atoms with Crippen molar-refractivity contribution in [2.24, 2.45) is 5.92 Å². The Morgan fingerprint density at radius 2 is 2.24 bits per heavy atom. The second kappa shape index (κ2) is 10.0. The monoisotopic (exact) mass is 332 g/mol. The van der Waals surface area contributed by atoms with E-state index in [4.69, 9.17) is 16.3 Å². The molecule has 0 atom stereocenters. The minimum Gasteiger partial charge on any atom is -0.381 e. The summed E-state index contributed by atoms with van der Waals surface area (Å²) in [5.74, 6) is 0.549. The van der Waals surface area contributed by atoms with Gasteiger partial charge in [-0.2, -0.15) is 0 Å². The average Bonchev–Trinajstić information content (AvgIpc) is 2.84. The number of hydrogen-bond acceptors (Lipinski definition) is 3. The molecule has 1 heterocycles. The third-order valence-corrected chi connectivity index (χ3v) is 4.05. The number of carbonyl (C=O) groups is 1. The van der Waals surface area contributed by atoms with Gasteiger partial charge < -0.3 is 15.0 Å². The molecule has 0 saturated carbocycles. The van der Waals surface area contributed by atoms with Gasteiger partial charge in [-0.15, -0.1) is 11.3 Å². The van der Waals surface area contributed by atoms with Gasteiger partial charge in [0.1, 0.15) is 0 Å². The number of thiophene rings is 1. The summed E-state index contributed by atoms with van der Waals surface area (Å²) in [7, 11) is 0. The van der Waals surface area contributed by atoms with E-state index in [9.17, 15) is 4.79 Å². The second-order valence-electron chi connectivity index (χ2n) is 5.27. The van der Waals surface area contributed by atoms with Crippen molar-refractivity contribution in [1.29, 1.82) is 0 Å². The lowest BCUT2D eigenvalue weighted by Crippen LogP contribution is -2.39. The van der Waals surface area contributed by atoms with Crippen LogP contribution in [0, 0.1) is 5.92 Å². The van der Waals surface area contributed by atoms with Crippen LogP contribution in [0.15, 0.2) is 12.1 Å². The van der Waals surface area contributed by atoms with Crippen LogP contribution in [0.2, 0.25) is 4.34 Å². The van der Waals surface area contributed by atoms with Crippen molar-refractivity contribution in [1.82, 2.24) is 10.2 Å². The summed E-state index contributed by atoms with van der Waals surface area (Å²) in [4.78, 5) is 14.9. The maximum absolute atomic E-state index is 12.1. The molecule has 21 heavy (non-hydrogen) atoms. The van der Waals surface area contributed by atoms with Crippen molar-refractivity contribution in [3.63, 3.8) is 0 Å². The summed E-state index contributed by atoms with van der Waals surface area (Å²) in [5.41, 5.74) is 0. The molecule has 0 aliphatic rings. The van der Waals surface area contributed by atoms with Gasteiger partial charge in [0.15, 0.2) is 0 Å². The van der Waals surface area contributed by atoms with Gasteiger partial charge in [0.05, 0.1) is 10.9 Å². The number of amides is 2. The van der Waals surface area contributed by atoms with Gasteiger partial charge in [0.2, 0.25) is 0 Å². The first kappa shape index (κ1) is 18.3. The standard InChI is InChI=1S/C15H25ClN2O2S/c1-4-18(10-13-6-7-14(16)21-13)15(19)17-8-5-9-20-11-12(2)3/h6-7,12H,4-5,8-11H2,1-3H3,(H,17,19). The van der Waals surface area contributed by atoms with Gasteiger partial charge in [-0.3, -0.25) is 0 Å². The van der Waals surface area contributed by atoms with Crippen molar-refractivity contribution in [2.75, 3.05) is 26.3 Å². The first-order valence-corrected chi connectivity index (χ1v) is 8.57. The molecule has 2 amide bonds. The highest BCUT2D eigenvalue weighted by molar-refractivity contribution is 7.16. The quantitative estimate of drug-likeness (QED) is 0.694. The van der Waals surface area contributed by atoms with Crippen molar-refractivity contribution in [3.8, 4) is 0 Å². The Bertz CT molecular complexity index is 424. The van der Waals surface area contributed by atoms with Gasteiger partial charge in [0, 0.05) is 31.2 Å². The van der Waals surface area contributed by atoms with Crippen LogP contribution in [-0.2, 0) is 11.3 Å². The minimum absolute atomic E-state index is 0.0362. The molecule has 0 aliphatic heterocycles. The van der Waals surface area contributed by atoms with Crippen LogP contribution < -0.4 is 5.32 Å². The van der Waals surface area contributed by atoms with E-state index in [0.29, 0.717) is 32.2 Å². The summed E-state index contributed by atoms with van der Waals surface area (Å²) in [6.45, 7) is 9.59. The molecule has 6 heteroatoms. The number of ether oxygens (including phenoxy) is 1. The third-order valence-electron chi connectivity index (χ3n) is 2.84. The number of nitrogens with one attached hydrogen (secondary N) is 1. The highest BCUT2D eigenvalue weighted by Gasteiger charge is 2.12. The van der Waals surface area contributed by atoms with Crippen LogP contribution in [0.3, 0.4) is 0 Å². The molecule has 0 aromatic carbocycles. The highest BCUT2D eigenvalue weighted by atomic mass is 35.5. The Balaban J connectivity index is 2.22. The van der Waals surface area contributed by atoms with Gasteiger partial charge in [-0.25, -0.2) is 4.79 Å². The molecule has 0 bridgehead atoms. The van der Waals surface area contributed by atoms with E-state index < -0.39 is 0 Å². The van der Waals surface area contributed by atoms with E-state index in [1.165, 1.54) is 11.3 Å². The van der Waals surface area contributed by atoms with Crippen LogP contribution >= 0.6 is 22.9 Å². The van der Waals surface area contributed by atoms with Crippen molar-refractivity contribution in [2.45, 2.75) is 33.7 Å². The van der Waals surface area contributed by atoms with Gasteiger partial charge in [-0.05, 0) is 31.4 Å². The Kier molecular flexibility index (Phi) is 8.73. The SMILES string of the molecule is CCN(Cc1ccc(Cl)s1)C(=O)NCCCOCC(C)C. The van der Waals surface area contributed by atoms with Gasteiger partial charge >= 0.3 is 6.03 Å². The van der Waals surface area contributed by atoms with E-state index in [1.807, 2.05) is 19.1 Å². The molecule has 0 radical (unpaired) electrons. The summed E-state index contributed by atoms with van der Waals surface area (Å²) in [6, 6.07) is 3.79. The zero-order valence-corrected chi connectivity index (χ0v) is 14.6. The number of rotatable bonds is 9. The summed E-state index contributed by atoms with van der Waals surface area (Å²) in [6.07, 6.45) is 0.834. The number of halogens is 1. The predicted octanol–water partition coefficient (Wildman–Crippen LogP) is 4.00. The molecule has 1 N–H and O–H groups in total. The molecule has 1 rings (SSSR count). The van der Waals surface area contributed by atoms with Crippen molar-refractivity contribution >= 4 is 29.0 Å². The summed E-state index contributed by atoms with van der Waals surface area (Å²) < 4.78 is 6.24. The van der Waals surface area contributed by atoms with E-state index in [0.717, 1.165) is 22.2 Å². The molecule has 0 fully saturated rings. The zero-order valence-electron chi connectivity index (χ0n) is 13.0.